The van der Waals surface area contributed by atoms with E-state index in [4.69, 9.17) is 9.84 Å². The van der Waals surface area contributed by atoms with Crippen LogP contribution in [0.5, 0.6) is 5.75 Å². The van der Waals surface area contributed by atoms with Gasteiger partial charge < -0.3 is 14.7 Å². The number of benzene rings is 1. The number of carbonyl (C=O) groups excluding carboxylic acids is 1. The molecule has 4 nitrogen and oxygen atoms in total. The lowest BCUT2D eigenvalue weighted by atomic mass is 10.1. The Hall–Kier alpha value is -1.55. The molecule has 1 atom stereocenters. The molecule has 110 valence electrons. The van der Waals surface area contributed by atoms with Crippen LogP contribution < -0.4 is 4.74 Å². The third-order valence-electron chi connectivity index (χ3n) is 4.00. The first-order chi connectivity index (χ1) is 9.63. The van der Waals surface area contributed by atoms with Gasteiger partial charge in [-0.05, 0) is 42.9 Å². The zero-order valence-electron chi connectivity index (χ0n) is 12.3. The first kappa shape index (κ1) is 14.9. The lowest BCUT2D eigenvalue weighted by Crippen LogP contribution is -2.30. The van der Waals surface area contributed by atoms with Gasteiger partial charge in [0.15, 0.2) is 0 Å². The number of amides is 1. The second-order valence-corrected chi connectivity index (χ2v) is 5.49. The fourth-order valence-corrected chi connectivity index (χ4v) is 2.74. The predicted molar refractivity (Wildman–Crippen MR) is 77.8 cm³/mol. The van der Waals surface area contributed by atoms with E-state index in [0.29, 0.717) is 12.3 Å². The topological polar surface area (TPSA) is 49.8 Å². The summed E-state index contributed by atoms with van der Waals surface area (Å²) in [6.45, 7) is 3.79. The van der Waals surface area contributed by atoms with E-state index in [2.05, 4.69) is 0 Å². The summed E-state index contributed by atoms with van der Waals surface area (Å²) in [5.74, 6) is 1.45. The maximum absolute atomic E-state index is 12.3. The molecule has 0 saturated carbocycles. The Balaban J connectivity index is 1.95. The minimum atomic E-state index is 0.163. The van der Waals surface area contributed by atoms with Gasteiger partial charge in [-0.2, -0.15) is 0 Å². The molecule has 20 heavy (non-hydrogen) atoms. The van der Waals surface area contributed by atoms with E-state index in [1.165, 1.54) is 0 Å². The van der Waals surface area contributed by atoms with Crippen LogP contribution in [0.15, 0.2) is 18.2 Å². The third-order valence-corrected chi connectivity index (χ3v) is 4.00. The van der Waals surface area contributed by atoms with Crippen molar-refractivity contribution in [1.82, 2.24) is 4.90 Å². The highest BCUT2D eigenvalue weighted by atomic mass is 16.5. The van der Waals surface area contributed by atoms with Crippen LogP contribution in [0, 0.1) is 12.8 Å². The van der Waals surface area contributed by atoms with Crippen molar-refractivity contribution in [1.29, 1.82) is 0 Å². The van der Waals surface area contributed by atoms with Crippen molar-refractivity contribution < 1.29 is 14.6 Å². The summed E-state index contributed by atoms with van der Waals surface area (Å²) in [5.41, 5.74) is 2.07. The Morgan fingerprint density at radius 2 is 2.30 bits per heavy atom. The number of methoxy groups -OCH3 is 1. The van der Waals surface area contributed by atoms with Crippen molar-refractivity contribution in [2.24, 2.45) is 5.92 Å². The number of hydrogen-bond acceptors (Lipinski definition) is 3. The van der Waals surface area contributed by atoms with Crippen LogP contribution in [0.4, 0.5) is 0 Å². The van der Waals surface area contributed by atoms with E-state index in [-0.39, 0.29) is 12.5 Å². The van der Waals surface area contributed by atoms with E-state index in [1.807, 2.05) is 30.0 Å². The van der Waals surface area contributed by atoms with Crippen molar-refractivity contribution in [2.75, 3.05) is 26.8 Å². The third kappa shape index (κ3) is 3.51. The average molecular weight is 277 g/mol. The average Bonchev–Trinajstić information content (AvgIpc) is 2.90. The molecule has 0 radical (unpaired) electrons. The lowest BCUT2D eigenvalue weighted by Gasteiger charge is -2.17. The number of ether oxygens (including phenoxy) is 1. The fraction of sp³-hybridized carbons (Fsp3) is 0.562. The molecule has 1 N–H and O–H groups in total. The van der Waals surface area contributed by atoms with Crippen LogP contribution in [0.2, 0.25) is 0 Å². The molecule has 1 aliphatic heterocycles. The van der Waals surface area contributed by atoms with Gasteiger partial charge in [0.1, 0.15) is 5.75 Å². The summed E-state index contributed by atoms with van der Waals surface area (Å²) in [6.07, 6.45) is 2.22. The second-order valence-electron chi connectivity index (χ2n) is 5.49. The fourth-order valence-electron chi connectivity index (χ4n) is 2.74. The Morgan fingerprint density at radius 1 is 1.50 bits per heavy atom. The van der Waals surface area contributed by atoms with E-state index < -0.39 is 0 Å². The van der Waals surface area contributed by atoms with Crippen LogP contribution in [0.25, 0.3) is 0 Å². The van der Waals surface area contributed by atoms with Crippen molar-refractivity contribution in [3.05, 3.63) is 29.3 Å². The monoisotopic (exact) mass is 277 g/mol. The van der Waals surface area contributed by atoms with Crippen molar-refractivity contribution in [3.63, 3.8) is 0 Å². The number of nitrogens with zero attached hydrogens (tertiary/aromatic N) is 1. The minimum absolute atomic E-state index is 0.163. The molecule has 1 unspecified atom stereocenters. The summed E-state index contributed by atoms with van der Waals surface area (Å²) in [6, 6.07) is 5.91. The quantitative estimate of drug-likeness (QED) is 0.892. The van der Waals surface area contributed by atoms with Gasteiger partial charge >= 0.3 is 0 Å². The molecule has 1 aromatic carbocycles. The lowest BCUT2D eigenvalue weighted by molar-refractivity contribution is -0.129. The highest BCUT2D eigenvalue weighted by Crippen LogP contribution is 2.22. The van der Waals surface area contributed by atoms with Crippen molar-refractivity contribution >= 4 is 5.91 Å². The number of likely N-dealkylation sites (tertiary alicyclic amines) is 1. The molecule has 0 aromatic heterocycles. The first-order valence-electron chi connectivity index (χ1n) is 7.16. The largest absolute Gasteiger partial charge is 0.496 e. The van der Waals surface area contributed by atoms with Crippen LogP contribution in [-0.2, 0) is 11.2 Å². The maximum atomic E-state index is 12.3. The molecule has 0 bridgehead atoms. The van der Waals surface area contributed by atoms with Gasteiger partial charge in [0.05, 0.1) is 13.5 Å². The van der Waals surface area contributed by atoms with Gasteiger partial charge in [0, 0.05) is 19.7 Å². The molecule has 1 aliphatic rings. The van der Waals surface area contributed by atoms with Crippen LogP contribution in [-0.4, -0.2) is 42.7 Å². The SMILES string of the molecule is COc1cc(CC(=O)N2CCC(CCO)C2)ccc1C. The number of hydrogen-bond donors (Lipinski definition) is 1. The Morgan fingerprint density at radius 3 is 3.00 bits per heavy atom. The Bertz CT molecular complexity index is 473. The zero-order chi connectivity index (χ0) is 14.5. The molecule has 1 saturated heterocycles. The van der Waals surface area contributed by atoms with E-state index in [9.17, 15) is 4.79 Å². The van der Waals surface area contributed by atoms with Crippen molar-refractivity contribution in [3.8, 4) is 5.75 Å². The summed E-state index contributed by atoms with van der Waals surface area (Å²) < 4.78 is 5.29. The number of aliphatic hydroxyl groups is 1. The van der Waals surface area contributed by atoms with Crippen molar-refractivity contribution in [2.45, 2.75) is 26.2 Å². The molecular weight excluding hydrogens is 254 g/mol. The first-order valence-corrected chi connectivity index (χ1v) is 7.16. The molecule has 1 amide bonds. The van der Waals surface area contributed by atoms with E-state index in [0.717, 1.165) is 42.8 Å². The summed E-state index contributed by atoms with van der Waals surface area (Å²) in [4.78, 5) is 14.2. The van der Waals surface area contributed by atoms with E-state index in [1.54, 1.807) is 7.11 Å². The molecule has 0 aliphatic carbocycles. The highest BCUT2D eigenvalue weighted by molar-refractivity contribution is 5.79. The van der Waals surface area contributed by atoms with Gasteiger partial charge in [-0.25, -0.2) is 0 Å². The summed E-state index contributed by atoms with van der Waals surface area (Å²) in [7, 11) is 1.65. The number of aliphatic hydroxyl groups excluding tert-OH is 1. The molecule has 1 aromatic rings. The molecule has 1 fully saturated rings. The van der Waals surface area contributed by atoms with Crippen LogP contribution in [0.3, 0.4) is 0 Å². The second kappa shape index (κ2) is 6.75. The summed E-state index contributed by atoms with van der Waals surface area (Å²) >= 11 is 0. The maximum Gasteiger partial charge on any atom is 0.227 e. The minimum Gasteiger partial charge on any atom is -0.496 e. The highest BCUT2D eigenvalue weighted by Gasteiger charge is 2.25. The van der Waals surface area contributed by atoms with Gasteiger partial charge in [-0.3, -0.25) is 4.79 Å². The number of rotatable bonds is 5. The predicted octanol–water partition coefficient (Wildman–Crippen LogP) is 1.78. The molecule has 4 heteroatoms. The van der Waals surface area contributed by atoms with Crippen LogP contribution >= 0.6 is 0 Å². The Labute approximate surface area is 120 Å². The Kier molecular flexibility index (Phi) is 5.01. The van der Waals surface area contributed by atoms with Gasteiger partial charge in [-0.15, -0.1) is 0 Å². The van der Waals surface area contributed by atoms with Crippen LogP contribution in [0.1, 0.15) is 24.0 Å². The molecule has 2 rings (SSSR count). The smallest absolute Gasteiger partial charge is 0.227 e. The standard InChI is InChI=1S/C16H23NO3/c1-12-3-4-14(9-15(12)20-2)10-16(19)17-7-5-13(11-17)6-8-18/h3-4,9,13,18H,5-8,10-11H2,1-2H3. The molecule has 1 heterocycles. The van der Waals surface area contributed by atoms with E-state index >= 15 is 0 Å². The number of aryl methyl sites for hydroxylation is 1. The number of carbonyl (C=O) groups is 1. The molecule has 0 spiro atoms. The zero-order valence-corrected chi connectivity index (χ0v) is 12.3. The van der Waals surface area contributed by atoms with Gasteiger partial charge in [0.2, 0.25) is 5.91 Å². The normalized spacial score (nSPS) is 18.4. The van der Waals surface area contributed by atoms with Gasteiger partial charge in [-0.1, -0.05) is 12.1 Å². The molecular formula is C16H23NO3. The summed E-state index contributed by atoms with van der Waals surface area (Å²) in [5, 5.41) is 8.95. The van der Waals surface area contributed by atoms with Gasteiger partial charge in [0.25, 0.3) is 0 Å².